The molecule has 0 nitrogen and oxygen atoms in total. The van der Waals surface area contributed by atoms with Crippen LogP contribution in [0.25, 0.3) is 0 Å². The summed E-state index contributed by atoms with van der Waals surface area (Å²) in [6, 6.07) is 0. The molecule has 0 bridgehead atoms. The molecule has 0 aliphatic carbocycles. The third kappa shape index (κ3) is 17.7. The van der Waals surface area contributed by atoms with E-state index in [1.807, 2.05) is 0 Å². The monoisotopic (exact) mass is 618 g/mol. The molecule has 0 aliphatic heterocycles. The predicted molar refractivity (Wildman–Crippen MR) is 25.6 cm³/mol. The average Bonchev–Trinajstić information content (AvgIpc) is 0. The summed E-state index contributed by atoms with van der Waals surface area (Å²) < 4.78 is 0. The van der Waals surface area contributed by atoms with Crippen LogP contribution in [0.3, 0.4) is 0 Å². The van der Waals surface area contributed by atoms with Gasteiger partial charge in [0.2, 0.25) is 0 Å². The van der Waals surface area contributed by atoms with Gasteiger partial charge >= 0.3 is 122 Å². The molecule has 0 atom stereocenters. The maximum Gasteiger partial charge on any atom is 0 e. The maximum absolute atomic E-state index is 0. The van der Waals surface area contributed by atoms with Crippen LogP contribution in [0.1, 0.15) is 0 Å². The third-order valence-electron chi connectivity index (χ3n) is 0. The average molecular weight is 616 g/mol. The Morgan fingerprint density at radius 2 is 1.00 bits per heavy atom. The summed E-state index contributed by atoms with van der Waals surface area (Å²) in [4.78, 5) is 0. The molecule has 0 spiro atoms. The molecule has 0 heterocycles. The van der Waals surface area contributed by atoms with Crippen molar-refractivity contribution in [2.45, 2.75) is 0 Å². The van der Waals surface area contributed by atoms with Crippen molar-refractivity contribution in [3.05, 3.63) is 0 Å². The van der Waals surface area contributed by atoms with E-state index in [-0.39, 0.29) is 168 Å². The molecule has 0 saturated carbocycles. The van der Waals surface area contributed by atoms with Gasteiger partial charge in [-0.15, -0.1) is 0 Å². The van der Waals surface area contributed by atoms with Crippen LogP contribution in [0.2, 0.25) is 0 Å². The van der Waals surface area contributed by atoms with E-state index >= 15 is 0 Å². The van der Waals surface area contributed by atoms with Crippen LogP contribution in [0.15, 0.2) is 0 Å². The number of hydrogen-bond acceptors (Lipinski definition) is 0. The van der Waals surface area contributed by atoms with Crippen LogP contribution < -0.4 is 0 Å². The van der Waals surface area contributed by atoms with Crippen LogP contribution >= 0.6 is 0 Å². The van der Waals surface area contributed by atoms with E-state index in [9.17, 15) is 0 Å². The van der Waals surface area contributed by atoms with Crippen molar-refractivity contribution >= 4 is 122 Å². The fourth-order valence-electron chi connectivity index (χ4n) is 0. The molecule has 0 aliphatic rings. The first kappa shape index (κ1) is 31.3. The minimum Gasteiger partial charge on any atom is 0 e. The first-order chi connectivity index (χ1) is 0. The first-order valence-electron chi connectivity index (χ1n) is 0. The van der Waals surface area contributed by atoms with Crippen molar-refractivity contribution in [1.82, 2.24) is 0 Å². The summed E-state index contributed by atoms with van der Waals surface area (Å²) in [6.45, 7) is 0. The summed E-state index contributed by atoms with van der Waals surface area (Å²) in [5, 5.41) is 0. The van der Waals surface area contributed by atoms with Gasteiger partial charge in [0, 0.05) is 46.8 Å². The molecular formula is H6BaCdPbSrZn. The standard InChI is InChI=1S/Ba.Cd.Pb.Sr.Zn.6H. The largest absolute Gasteiger partial charge is 0 e. The van der Waals surface area contributed by atoms with Crippen LogP contribution in [0.5, 0.6) is 0 Å². The Morgan fingerprint density at radius 3 is 1.00 bits per heavy atom. The van der Waals surface area contributed by atoms with Gasteiger partial charge in [-0.2, -0.15) is 0 Å². The van der Waals surface area contributed by atoms with Gasteiger partial charge in [0.1, 0.15) is 0 Å². The van der Waals surface area contributed by atoms with Gasteiger partial charge in [-0.25, -0.2) is 0 Å². The Labute approximate surface area is 163 Å². The van der Waals surface area contributed by atoms with E-state index in [0.717, 1.165) is 0 Å². The van der Waals surface area contributed by atoms with Gasteiger partial charge < -0.3 is 0 Å². The molecule has 0 rings (SSSR count). The first-order valence-corrected chi connectivity index (χ1v) is 0. The molecule has 0 aromatic carbocycles. The molecule has 0 unspecified atom stereocenters. The van der Waals surface area contributed by atoms with Gasteiger partial charge in [-0.1, -0.05) is 0 Å². The molecule has 2 radical (unpaired) electrons. The molecule has 18 valence electrons. The minimum atomic E-state index is 0. The van der Waals surface area contributed by atoms with Crippen molar-refractivity contribution < 1.29 is 46.8 Å². The Balaban J connectivity index is 0. The van der Waals surface area contributed by atoms with E-state index in [0.29, 0.717) is 0 Å². The zero-order valence-corrected chi connectivity index (χ0v) is 14.6. The SMILES string of the molecule is [BaH2].[Cd].[PbH2].[SrH2].[Zn]. The summed E-state index contributed by atoms with van der Waals surface area (Å²) in [7, 11) is 0. The van der Waals surface area contributed by atoms with Crippen molar-refractivity contribution in [2.24, 2.45) is 0 Å². The van der Waals surface area contributed by atoms with E-state index in [1.54, 1.807) is 0 Å². The topological polar surface area (TPSA) is 0 Å². The van der Waals surface area contributed by atoms with Crippen molar-refractivity contribution in [1.29, 1.82) is 0 Å². The van der Waals surface area contributed by atoms with Crippen molar-refractivity contribution in [3.8, 4) is 0 Å². The van der Waals surface area contributed by atoms with Crippen molar-refractivity contribution in [2.75, 3.05) is 0 Å². The number of hydrogen-bond donors (Lipinski definition) is 0. The quantitative estimate of drug-likeness (QED) is 0.260. The molecule has 0 amide bonds. The van der Waals surface area contributed by atoms with Gasteiger partial charge in [-0.3, -0.25) is 0 Å². The fraction of sp³-hybridized carbons (Fsp3) is 0. The Morgan fingerprint density at radius 1 is 1.00 bits per heavy atom. The van der Waals surface area contributed by atoms with E-state index in [4.69, 9.17) is 0 Å². The van der Waals surface area contributed by atoms with E-state index < -0.39 is 0 Å². The molecule has 0 N–H and O–H groups in total. The van der Waals surface area contributed by atoms with E-state index in [2.05, 4.69) is 0 Å². The Hall–Kier alpha value is 5.52. The second-order valence-electron chi connectivity index (χ2n) is 0. The molecular weight excluding hydrogens is 610 g/mol. The normalized spacial score (nSPS) is 0. The molecule has 0 aromatic rings. The van der Waals surface area contributed by atoms with E-state index in [1.165, 1.54) is 0 Å². The third-order valence-corrected chi connectivity index (χ3v) is 0. The van der Waals surface area contributed by atoms with Crippen LogP contribution in [-0.2, 0) is 46.8 Å². The van der Waals surface area contributed by atoms with Crippen molar-refractivity contribution in [3.63, 3.8) is 0 Å². The minimum absolute atomic E-state index is 0. The summed E-state index contributed by atoms with van der Waals surface area (Å²) in [5.41, 5.74) is 0. The Bertz CT molecular complexity index is 11.6. The second kappa shape index (κ2) is 22.7. The zero-order valence-electron chi connectivity index (χ0n) is 2.12. The van der Waals surface area contributed by atoms with Gasteiger partial charge in [0.25, 0.3) is 0 Å². The molecule has 0 aromatic heterocycles. The summed E-state index contributed by atoms with van der Waals surface area (Å²) >= 11 is 0. The second-order valence-corrected chi connectivity index (χ2v) is 0. The summed E-state index contributed by atoms with van der Waals surface area (Å²) in [5.74, 6) is 0. The van der Waals surface area contributed by atoms with Crippen LogP contribution in [0, 0.1) is 0 Å². The molecule has 0 fully saturated rings. The van der Waals surface area contributed by atoms with Crippen LogP contribution in [0.4, 0.5) is 0 Å². The van der Waals surface area contributed by atoms with Crippen LogP contribution in [-0.4, -0.2) is 122 Å². The van der Waals surface area contributed by atoms with Gasteiger partial charge in [0.15, 0.2) is 0 Å². The summed E-state index contributed by atoms with van der Waals surface area (Å²) in [6.07, 6.45) is 0. The van der Waals surface area contributed by atoms with Gasteiger partial charge in [-0.05, 0) is 0 Å². The van der Waals surface area contributed by atoms with Gasteiger partial charge in [0.05, 0.1) is 0 Å². The Kier molecular flexibility index (Phi) is 142. The zero-order chi connectivity index (χ0) is 0. The molecule has 5 heavy (non-hydrogen) atoms. The maximum atomic E-state index is 0. The molecule has 0 saturated heterocycles. The fourth-order valence-corrected chi connectivity index (χ4v) is 0. The number of rotatable bonds is 0. The predicted octanol–water partition coefficient (Wildman–Crippen LogP) is -2.75. The smallest absolute Gasteiger partial charge is 0 e. The molecule has 5 heteroatoms.